The summed E-state index contributed by atoms with van der Waals surface area (Å²) in [4.78, 5) is 37.6. The Morgan fingerprint density at radius 2 is 2.00 bits per heavy atom. The van der Waals surface area contributed by atoms with Crippen molar-refractivity contribution in [2.75, 3.05) is 19.6 Å². The van der Waals surface area contributed by atoms with E-state index in [-0.39, 0.29) is 24.9 Å². The molecule has 0 aromatic heterocycles. The summed E-state index contributed by atoms with van der Waals surface area (Å²) in [6, 6.07) is 8.16. The maximum atomic E-state index is 12.9. The Labute approximate surface area is 157 Å². The fourth-order valence-corrected chi connectivity index (χ4v) is 3.91. The largest absolute Gasteiger partial charge is 0.480 e. The minimum atomic E-state index is -1.24. The molecule has 2 saturated heterocycles. The fourth-order valence-electron chi connectivity index (χ4n) is 3.91. The van der Waals surface area contributed by atoms with Crippen LogP contribution < -0.4 is 10.6 Å². The van der Waals surface area contributed by atoms with Crippen molar-refractivity contribution in [1.29, 1.82) is 0 Å². The van der Waals surface area contributed by atoms with Crippen molar-refractivity contribution in [3.63, 3.8) is 0 Å². The van der Waals surface area contributed by atoms with Gasteiger partial charge < -0.3 is 25.7 Å². The molecule has 2 aliphatic rings. The van der Waals surface area contributed by atoms with Crippen LogP contribution in [-0.2, 0) is 20.8 Å². The van der Waals surface area contributed by atoms with Crippen LogP contribution in [0.2, 0.25) is 0 Å². The summed E-state index contributed by atoms with van der Waals surface area (Å²) in [6.07, 6.45) is 1.97. The summed E-state index contributed by atoms with van der Waals surface area (Å²) in [7, 11) is 0. The van der Waals surface area contributed by atoms with Crippen molar-refractivity contribution in [3.8, 4) is 0 Å². The Kier molecular flexibility index (Phi) is 5.76. The molecule has 146 valence electrons. The number of hydrogen-bond donors (Lipinski definition) is 4. The first-order valence-electron chi connectivity index (χ1n) is 9.18. The van der Waals surface area contributed by atoms with Crippen LogP contribution in [-0.4, -0.2) is 70.2 Å². The van der Waals surface area contributed by atoms with Crippen molar-refractivity contribution in [2.45, 2.75) is 43.4 Å². The lowest BCUT2D eigenvalue weighted by Crippen LogP contribution is -2.51. The monoisotopic (exact) mass is 375 g/mol. The summed E-state index contributed by atoms with van der Waals surface area (Å²) in [6.45, 7) is 0.272. The summed E-state index contributed by atoms with van der Waals surface area (Å²) in [5.41, 5.74) is -0.320. The summed E-state index contributed by atoms with van der Waals surface area (Å²) in [5, 5.41) is 25.3. The highest BCUT2D eigenvalue weighted by Crippen LogP contribution is 2.32. The smallest absolute Gasteiger partial charge is 0.322 e. The SMILES string of the molecule is O=C(O)CNC(=O)[C@@H]1C[C@](O)(Cc2ccccc2)CN1C(=O)[C@@H]1CCCN1. The first-order chi connectivity index (χ1) is 12.9. The van der Waals surface area contributed by atoms with E-state index in [2.05, 4.69) is 10.6 Å². The van der Waals surface area contributed by atoms with Gasteiger partial charge in [0.15, 0.2) is 0 Å². The standard InChI is InChI=1S/C19H25N3O5/c23-16(24)11-21-17(25)15-10-19(27,9-13-5-2-1-3-6-13)12-22(15)18(26)14-7-4-8-20-14/h1-3,5-6,14-15,20,27H,4,7-12H2,(H,21,25)(H,23,24)/t14-,15-,19+/m0/s1. The zero-order valence-electron chi connectivity index (χ0n) is 15.1. The number of carboxylic acids is 1. The number of amides is 2. The number of nitrogens with one attached hydrogen (secondary N) is 2. The zero-order valence-corrected chi connectivity index (χ0v) is 15.1. The number of carbonyl (C=O) groups is 3. The predicted octanol–water partition coefficient (Wildman–Crippen LogP) is -0.486. The van der Waals surface area contributed by atoms with Gasteiger partial charge in [0.2, 0.25) is 11.8 Å². The number of likely N-dealkylation sites (tertiary alicyclic amines) is 1. The third-order valence-electron chi connectivity index (χ3n) is 5.15. The minimum Gasteiger partial charge on any atom is -0.480 e. The van der Waals surface area contributed by atoms with Crippen LogP contribution in [0.5, 0.6) is 0 Å². The second-order valence-corrected chi connectivity index (χ2v) is 7.33. The third-order valence-corrected chi connectivity index (χ3v) is 5.15. The minimum absolute atomic E-state index is 0.0457. The number of rotatable bonds is 6. The highest BCUT2D eigenvalue weighted by atomic mass is 16.4. The molecule has 8 heteroatoms. The van der Waals surface area contributed by atoms with Crippen molar-refractivity contribution in [3.05, 3.63) is 35.9 Å². The van der Waals surface area contributed by atoms with Crippen molar-refractivity contribution < 1.29 is 24.6 Å². The van der Waals surface area contributed by atoms with Gasteiger partial charge in [-0.25, -0.2) is 0 Å². The summed E-state index contributed by atoms with van der Waals surface area (Å²) < 4.78 is 0. The number of aliphatic carboxylic acids is 1. The lowest BCUT2D eigenvalue weighted by Gasteiger charge is -2.27. The topological polar surface area (TPSA) is 119 Å². The van der Waals surface area contributed by atoms with Crippen LogP contribution >= 0.6 is 0 Å². The van der Waals surface area contributed by atoms with Gasteiger partial charge in [0, 0.05) is 12.8 Å². The summed E-state index contributed by atoms with van der Waals surface area (Å²) >= 11 is 0. The zero-order chi connectivity index (χ0) is 19.4. The van der Waals surface area contributed by atoms with E-state index < -0.39 is 30.1 Å². The number of nitrogens with zero attached hydrogens (tertiary/aromatic N) is 1. The molecule has 2 fully saturated rings. The van der Waals surface area contributed by atoms with Gasteiger partial charge in [0.1, 0.15) is 12.6 Å². The van der Waals surface area contributed by atoms with Gasteiger partial charge in [0.05, 0.1) is 18.2 Å². The molecule has 0 unspecified atom stereocenters. The molecule has 8 nitrogen and oxygen atoms in total. The van der Waals surface area contributed by atoms with E-state index in [1.54, 1.807) is 0 Å². The molecule has 27 heavy (non-hydrogen) atoms. The van der Waals surface area contributed by atoms with E-state index in [0.717, 1.165) is 18.5 Å². The average molecular weight is 375 g/mol. The number of β-amino-alcohol motifs (C(OH)–C–C–N with tert-alkyl or cyclic N) is 1. The van der Waals surface area contributed by atoms with E-state index in [9.17, 15) is 19.5 Å². The second-order valence-electron chi connectivity index (χ2n) is 7.33. The Morgan fingerprint density at radius 1 is 1.26 bits per heavy atom. The van der Waals surface area contributed by atoms with Crippen molar-refractivity contribution >= 4 is 17.8 Å². The van der Waals surface area contributed by atoms with E-state index in [4.69, 9.17) is 5.11 Å². The molecular formula is C19H25N3O5. The molecule has 0 spiro atoms. The van der Waals surface area contributed by atoms with Gasteiger partial charge in [-0.05, 0) is 24.9 Å². The lowest BCUT2D eigenvalue weighted by molar-refractivity contribution is -0.141. The molecule has 1 aromatic rings. The van der Waals surface area contributed by atoms with Crippen LogP contribution in [0, 0.1) is 0 Å². The first kappa shape index (κ1) is 19.3. The normalized spacial score (nSPS) is 27.5. The van der Waals surface area contributed by atoms with Gasteiger partial charge in [-0.1, -0.05) is 30.3 Å². The maximum absolute atomic E-state index is 12.9. The Balaban J connectivity index is 1.77. The van der Waals surface area contributed by atoms with E-state index in [0.29, 0.717) is 12.8 Å². The van der Waals surface area contributed by atoms with Gasteiger partial charge in [-0.2, -0.15) is 0 Å². The van der Waals surface area contributed by atoms with Crippen molar-refractivity contribution in [2.24, 2.45) is 0 Å². The molecule has 0 radical (unpaired) electrons. The van der Waals surface area contributed by atoms with Crippen LogP contribution in [0.25, 0.3) is 0 Å². The number of hydrogen-bond acceptors (Lipinski definition) is 5. The molecule has 1 aromatic carbocycles. The highest BCUT2D eigenvalue weighted by Gasteiger charge is 2.49. The Hall–Kier alpha value is -2.45. The second kappa shape index (κ2) is 8.06. The van der Waals surface area contributed by atoms with Crippen LogP contribution in [0.3, 0.4) is 0 Å². The Morgan fingerprint density at radius 3 is 2.63 bits per heavy atom. The lowest BCUT2D eigenvalue weighted by atomic mass is 9.92. The first-order valence-corrected chi connectivity index (χ1v) is 9.18. The molecule has 2 amide bonds. The predicted molar refractivity (Wildman–Crippen MR) is 96.9 cm³/mol. The molecule has 0 saturated carbocycles. The molecule has 3 atom stereocenters. The van der Waals surface area contributed by atoms with Gasteiger partial charge in [-0.15, -0.1) is 0 Å². The molecule has 0 aliphatic carbocycles. The quantitative estimate of drug-likeness (QED) is 0.533. The van der Waals surface area contributed by atoms with E-state index in [1.165, 1.54) is 4.90 Å². The molecular weight excluding hydrogens is 350 g/mol. The van der Waals surface area contributed by atoms with Crippen LogP contribution in [0.1, 0.15) is 24.8 Å². The third kappa shape index (κ3) is 4.64. The summed E-state index contributed by atoms with van der Waals surface area (Å²) in [5.74, 6) is -1.92. The molecule has 2 aliphatic heterocycles. The fraction of sp³-hybridized carbons (Fsp3) is 0.526. The number of carbonyl (C=O) groups excluding carboxylic acids is 2. The maximum Gasteiger partial charge on any atom is 0.322 e. The highest BCUT2D eigenvalue weighted by molar-refractivity contribution is 5.92. The van der Waals surface area contributed by atoms with Gasteiger partial charge >= 0.3 is 5.97 Å². The van der Waals surface area contributed by atoms with E-state index >= 15 is 0 Å². The van der Waals surface area contributed by atoms with Gasteiger partial charge in [-0.3, -0.25) is 14.4 Å². The average Bonchev–Trinajstić information content (AvgIpc) is 3.28. The number of benzene rings is 1. The van der Waals surface area contributed by atoms with Crippen molar-refractivity contribution in [1.82, 2.24) is 15.5 Å². The molecule has 2 heterocycles. The molecule has 3 rings (SSSR count). The number of aliphatic hydroxyl groups is 1. The Bertz CT molecular complexity index is 705. The molecule has 4 N–H and O–H groups in total. The molecule has 0 bridgehead atoms. The van der Waals surface area contributed by atoms with Gasteiger partial charge in [0.25, 0.3) is 0 Å². The van der Waals surface area contributed by atoms with Crippen LogP contribution in [0.4, 0.5) is 0 Å². The van der Waals surface area contributed by atoms with E-state index in [1.807, 2.05) is 30.3 Å². The van der Waals surface area contributed by atoms with Crippen LogP contribution in [0.15, 0.2) is 30.3 Å². The number of carboxylic acid groups (broad SMARTS) is 1.